The summed E-state index contributed by atoms with van der Waals surface area (Å²) in [5.74, 6) is 0. The van der Waals surface area contributed by atoms with E-state index in [1.54, 1.807) is 0 Å². The van der Waals surface area contributed by atoms with E-state index in [1.807, 2.05) is 0 Å². The van der Waals surface area contributed by atoms with Crippen LogP contribution >= 0.6 is 0 Å². The number of benzene rings is 8. The lowest BCUT2D eigenvalue weighted by molar-refractivity contribution is 0.590. The second kappa shape index (κ2) is 11.6. The molecule has 4 heteroatoms. The molecule has 0 saturated heterocycles. The molecule has 3 aliphatic rings. The molecule has 8 aromatic rings. The highest BCUT2D eigenvalue weighted by Gasteiger charge is 2.49. The fourth-order valence-electron chi connectivity index (χ4n) is 9.70. The fraction of sp³-hybridized carbons (Fsp3) is 0.154. The molecule has 3 aliphatic heterocycles. The minimum Gasteiger partial charge on any atom is -0.311 e. The maximum Gasteiger partial charge on any atom is 0.257 e. The monoisotopic (exact) mass is 721 g/mol. The van der Waals surface area contributed by atoms with E-state index in [4.69, 9.17) is 0 Å². The van der Waals surface area contributed by atoms with Crippen molar-refractivity contribution in [1.29, 1.82) is 0 Å². The van der Waals surface area contributed by atoms with Crippen molar-refractivity contribution < 1.29 is 0 Å². The van der Waals surface area contributed by atoms with Crippen LogP contribution in [0.25, 0.3) is 21.5 Å². The van der Waals surface area contributed by atoms with Crippen molar-refractivity contribution in [2.24, 2.45) is 0 Å². The Balaban J connectivity index is 1.20. The Hall–Kier alpha value is -6.26. The van der Waals surface area contributed by atoms with Gasteiger partial charge in [0.25, 0.3) is 6.71 Å². The molecular weight excluding hydrogens is 677 g/mol. The second-order valence-corrected chi connectivity index (χ2v) is 17.9. The molecule has 11 rings (SSSR count). The Morgan fingerprint density at radius 3 is 1.16 bits per heavy atom. The second-order valence-electron chi connectivity index (χ2n) is 17.9. The Kier molecular flexibility index (Phi) is 6.88. The van der Waals surface area contributed by atoms with Gasteiger partial charge in [-0.25, -0.2) is 0 Å². The van der Waals surface area contributed by atoms with Crippen molar-refractivity contribution in [2.75, 3.05) is 14.7 Å². The normalized spacial score (nSPS) is 14.1. The van der Waals surface area contributed by atoms with Gasteiger partial charge in [-0.3, -0.25) is 0 Å². The molecule has 0 amide bonds. The highest BCUT2D eigenvalue weighted by atomic mass is 15.2. The molecule has 0 saturated carbocycles. The zero-order valence-electron chi connectivity index (χ0n) is 32.9. The molecule has 56 heavy (non-hydrogen) atoms. The van der Waals surface area contributed by atoms with Crippen LogP contribution in [0.3, 0.4) is 0 Å². The SMILES string of the molecule is CC(C)(C)c1ccc(N2c3cccc4c3B3c5c2cccc5N(c2ccc5c(ccc6ccccc65)c2)c2cccc(c23)N4c2ccc(C(C)(C)C)cc2)cc1. The van der Waals surface area contributed by atoms with Gasteiger partial charge in [-0.2, -0.15) is 0 Å². The van der Waals surface area contributed by atoms with Gasteiger partial charge in [-0.1, -0.05) is 126 Å². The van der Waals surface area contributed by atoms with E-state index in [0.29, 0.717) is 0 Å². The number of rotatable bonds is 3. The molecule has 0 fully saturated rings. The zero-order chi connectivity index (χ0) is 38.1. The minimum absolute atomic E-state index is 0.0686. The van der Waals surface area contributed by atoms with E-state index >= 15 is 0 Å². The van der Waals surface area contributed by atoms with Crippen LogP contribution in [0.4, 0.5) is 51.2 Å². The quantitative estimate of drug-likeness (QED) is 0.133. The summed E-state index contributed by atoms with van der Waals surface area (Å²) in [5, 5.41) is 5.07. The molecule has 3 nitrogen and oxygen atoms in total. The molecule has 3 heterocycles. The maximum absolute atomic E-state index is 2.53. The number of nitrogens with zero attached hydrogens (tertiary/aromatic N) is 3. The Morgan fingerprint density at radius 2 is 0.714 bits per heavy atom. The first-order valence-corrected chi connectivity index (χ1v) is 20.0. The molecule has 0 unspecified atom stereocenters. The fourth-order valence-corrected chi connectivity index (χ4v) is 9.70. The summed E-state index contributed by atoms with van der Waals surface area (Å²) in [6, 6.07) is 59.6. The van der Waals surface area contributed by atoms with Crippen LogP contribution in [-0.4, -0.2) is 6.71 Å². The first-order valence-electron chi connectivity index (χ1n) is 20.0. The van der Waals surface area contributed by atoms with Crippen LogP contribution in [-0.2, 0) is 10.8 Å². The van der Waals surface area contributed by atoms with E-state index in [9.17, 15) is 0 Å². The van der Waals surface area contributed by atoms with Crippen LogP contribution in [0.5, 0.6) is 0 Å². The summed E-state index contributed by atoms with van der Waals surface area (Å²) in [6.07, 6.45) is 0. The standard InChI is InChI=1S/C52H44BN3/c1-51(2,3)35-22-26-37(27-23-35)54-42-14-9-15-43-48(42)53-49-44(54)16-10-18-46(49)56(39-30-31-41-34(32-39)21-20-33-12-7-8-13-40(33)41)47-19-11-17-45(50(47)53)55(43)38-28-24-36(25-29-38)52(4,5)6/h7-32H,1-6H3. The number of anilines is 9. The van der Waals surface area contributed by atoms with Gasteiger partial charge in [0.1, 0.15) is 0 Å². The number of fused-ring (bicyclic) bond motifs is 3. The molecule has 0 bridgehead atoms. The third kappa shape index (κ3) is 4.72. The third-order valence-corrected chi connectivity index (χ3v) is 12.5. The van der Waals surface area contributed by atoms with Gasteiger partial charge >= 0.3 is 0 Å². The Labute approximate surface area is 330 Å². The smallest absolute Gasteiger partial charge is 0.257 e. The van der Waals surface area contributed by atoms with E-state index in [2.05, 4.69) is 214 Å². The molecule has 0 spiro atoms. The summed E-state index contributed by atoms with van der Waals surface area (Å²) in [5.41, 5.74) is 17.8. The van der Waals surface area contributed by atoms with Crippen molar-refractivity contribution in [3.63, 3.8) is 0 Å². The first kappa shape index (κ1) is 33.1. The topological polar surface area (TPSA) is 9.72 Å². The van der Waals surface area contributed by atoms with Crippen LogP contribution in [0, 0.1) is 0 Å². The zero-order valence-corrected chi connectivity index (χ0v) is 32.9. The summed E-state index contributed by atoms with van der Waals surface area (Å²) in [7, 11) is 0. The van der Waals surface area contributed by atoms with Gasteiger partial charge in [-0.15, -0.1) is 0 Å². The van der Waals surface area contributed by atoms with Gasteiger partial charge in [0, 0.05) is 51.2 Å². The minimum atomic E-state index is 0.0686. The molecule has 0 N–H and O–H groups in total. The van der Waals surface area contributed by atoms with Crippen molar-refractivity contribution >= 4 is 95.8 Å². The van der Waals surface area contributed by atoms with Gasteiger partial charge in [0.2, 0.25) is 0 Å². The van der Waals surface area contributed by atoms with Crippen molar-refractivity contribution in [3.05, 3.63) is 169 Å². The predicted molar refractivity (Wildman–Crippen MR) is 241 cm³/mol. The largest absolute Gasteiger partial charge is 0.311 e. The van der Waals surface area contributed by atoms with E-state index in [0.717, 1.165) is 0 Å². The molecule has 0 aliphatic carbocycles. The Bertz CT molecular complexity index is 2760. The number of hydrogen-bond acceptors (Lipinski definition) is 3. The van der Waals surface area contributed by atoms with E-state index in [1.165, 1.54) is 100 Å². The summed E-state index contributed by atoms with van der Waals surface area (Å²) in [4.78, 5) is 7.57. The van der Waals surface area contributed by atoms with Gasteiger partial charge in [-0.05, 0) is 133 Å². The van der Waals surface area contributed by atoms with Crippen LogP contribution in [0.15, 0.2) is 158 Å². The lowest BCUT2D eigenvalue weighted by atomic mass is 9.32. The molecule has 8 aromatic carbocycles. The molecular formula is C52H44BN3. The summed E-state index contributed by atoms with van der Waals surface area (Å²) in [6.45, 7) is 13.8. The average Bonchev–Trinajstić information content (AvgIpc) is 3.20. The van der Waals surface area contributed by atoms with Crippen molar-refractivity contribution in [2.45, 2.75) is 52.4 Å². The molecule has 0 aromatic heterocycles. The van der Waals surface area contributed by atoms with Gasteiger partial charge in [0.05, 0.1) is 0 Å². The van der Waals surface area contributed by atoms with Crippen LogP contribution in [0.1, 0.15) is 52.7 Å². The van der Waals surface area contributed by atoms with Crippen molar-refractivity contribution in [1.82, 2.24) is 0 Å². The number of hydrogen-bond donors (Lipinski definition) is 0. The Morgan fingerprint density at radius 1 is 0.339 bits per heavy atom. The predicted octanol–water partition coefficient (Wildman–Crippen LogP) is 12.5. The highest BCUT2D eigenvalue weighted by molar-refractivity contribution is 7.02. The highest BCUT2D eigenvalue weighted by Crippen LogP contribution is 2.50. The van der Waals surface area contributed by atoms with Gasteiger partial charge < -0.3 is 14.7 Å². The maximum atomic E-state index is 2.53. The van der Waals surface area contributed by atoms with Crippen LogP contribution < -0.4 is 31.1 Å². The molecule has 270 valence electrons. The summed E-state index contributed by atoms with van der Waals surface area (Å²) < 4.78 is 0. The molecule has 0 atom stereocenters. The third-order valence-electron chi connectivity index (χ3n) is 12.5. The van der Waals surface area contributed by atoms with Crippen molar-refractivity contribution in [3.8, 4) is 0 Å². The first-order chi connectivity index (χ1) is 27.1. The average molecular weight is 722 g/mol. The van der Waals surface area contributed by atoms with E-state index in [-0.39, 0.29) is 17.5 Å². The lowest BCUT2D eigenvalue weighted by Crippen LogP contribution is -2.64. The van der Waals surface area contributed by atoms with Gasteiger partial charge in [0.15, 0.2) is 0 Å². The van der Waals surface area contributed by atoms with Crippen LogP contribution in [0.2, 0.25) is 0 Å². The molecule has 0 radical (unpaired) electrons. The van der Waals surface area contributed by atoms with E-state index < -0.39 is 0 Å². The lowest BCUT2D eigenvalue weighted by Gasteiger charge is -2.49. The summed E-state index contributed by atoms with van der Waals surface area (Å²) >= 11 is 0.